The van der Waals surface area contributed by atoms with Crippen LogP contribution in [0.4, 0.5) is 0 Å². The fraction of sp³-hybridized carbons (Fsp3) is 0.385. The number of ketones is 1. The van der Waals surface area contributed by atoms with E-state index in [9.17, 15) is 4.79 Å². The maximum Gasteiger partial charge on any atom is 0.155 e. The predicted molar refractivity (Wildman–Crippen MR) is 139 cm³/mol. The van der Waals surface area contributed by atoms with Gasteiger partial charge in [0.1, 0.15) is 11.5 Å². The number of carbonyl (C=O) groups is 1. The van der Waals surface area contributed by atoms with E-state index < -0.39 is 6.04 Å². The third-order valence-electron chi connectivity index (χ3n) is 6.74. The summed E-state index contributed by atoms with van der Waals surface area (Å²) in [7, 11) is 3.28. The molecule has 1 aromatic heterocycles. The van der Waals surface area contributed by atoms with E-state index in [1.165, 1.54) is 0 Å². The van der Waals surface area contributed by atoms with Crippen LogP contribution in [0, 0.1) is 5.92 Å². The van der Waals surface area contributed by atoms with Gasteiger partial charge in [-0.15, -0.1) is 16.9 Å². The minimum Gasteiger partial charge on any atom is -0.497 e. The summed E-state index contributed by atoms with van der Waals surface area (Å²) in [6.45, 7) is 1.54. The lowest BCUT2D eigenvalue weighted by atomic mass is 9.87. The topological polar surface area (TPSA) is 112 Å². The van der Waals surface area contributed by atoms with Crippen LogP contribution in [0.3, 0.4) is 0 Å². The van der Waals surface area contributed by atoms with Crippen LogP contribution in [0.2, 0.25) is 0 Å². The zero-order chi connectivity index (χ0) is 25.1. The monoisotopic (exact) mass is 507 g/mol. The van der Waals surface area contributed by atoms with Gasteiger partial charge in [-0.3, -0.25) is 9.78 Å². The van der Waals surface area contributed by atoms with Crippen LogP contribution in [-0.2, 0) is 16.1 Å². The van der Waals surface area contributed by atoms with Crippen LogP contribution < -0.4 is 15.2 Å². The van der Waals surface area contributed by atoms with Gasteiger partial charge in [-0.2, -0.15) is 5.10 Å². The van der Waals surface area contributed by atoms with Gasteiger partial charge in [-0.05, 0) is 29.8 Å². The number of thioether (sulfide) groups is 1. The molecule has 3 atom stereocenters. The van der Waals surface area contributed by atoms with Gasteiger partial charge in [0.25, 0.3) is 0 Å². The summed E-state index contributed by atoms with van der Waals surface area (Å²) in [5.41, 5.74) is 9.36. The lowest BCUT2D eigenvalue weighted by Crippen LogP contribution is -2.46. The number of nitrogens with zero attached hydrogens (tertiary/aromatic N) is 4. The molecule has 3 aliphatic rings. The number of hydrogen-bond acceptors (Lipinski definition) is 10. The van der Waals surface area contributed by atoms with Crippen molar-refractivity contribution in [2.45, 2.75) is 30.0 Å². The Morgan fingerprint density at radius 2 is 2.03 bits per heavy atom. The highest BCUT2D eigenvalue weighted by atomic mass is 32.2. The second kappa shape index (κ2) is 10.8. The molecule has 188 valence electrons. The maximum absolute atomic E-state index is 12.6. The number of hydrogen-bond donors (Lipinski definition) is 1. The van der Waals surface area contributed by atoms with Crippen molar-refractivity contribution in [1.29, 1.82) is 0 Å². The van der Waals surface area contributed by atoms with Gasteiger partial charge in [-0.25, -0.2) is 0 Å². The first-order valence-corrected chi connectivity index (χ1v) is 12.8. The third-order valence-corrected chi connectivity index (χ3v) is 7.84. The Hall–Kier alpha value is -3.21. The zero-order valence-corrected chi connectivity index (χ0v) is 21.1. The minimum atomic E-state index is -0.623. The SMILES string of the molecule is COc1ccc(CN2CC=NN=C2C2=C(CSc3ccncc3)CO[C@H]3C2CC(=O)[C@H]3N)c(OC)c1. The first kappa shape index (κ1) is 24.5. The summed E-state index contributed by atoms with van der Waals surface area (Å²) in [5.74, 6) is 2.81. The standard InChI is InChI=1S/C26H29N5O4S/c1-33-18-4-3-16(22(11-18)34-2)13-31-10-9-29-30-26(31)23-17(15-36-19-5-7-28-8-6-19)14-35-25-20(23)12-21(32)24(25)27/h3-9,11,20,24-25H,10,12-15,27H2,1-2H3/t20?,24-,25+/m1/s1. The van der Waals surface area contributed by atoms with E-state index in [2.05, 4.69) is 20.1 Å². The molecule has 1 fully saturated rings. The molecule has 2 N–H and O–H groups in total. The second-order valence-corrected chi connectivity index (χ2v) is 9.90. The molecule has 3 heterocycles. The molecule has 1 unspecified atom stereocenters. The van der Waals surface area contributed by atoms with Gasteiger partial charge in [0, 0.05) is 65.3 Å². The van der Waals surface area contributed by atoms with Crippen molar-refractivity contribution in [1.82, 2.24) is 9.88 Å². The summed E-state index contributed by atoms with van der Waals surface area (Å²) in [4.78, 5) is 20.0. The summed E-state index contributed by atoms with van der Waals surface area (Å²) < 4.78 is 17.1. The summed E-state index contributed by atoms with van der Waals surface area (Å²) in [6, 6.07) is 9.13. The van der Waals surface area contributed by atoms with Crippen LogP contribution in [0.5, 0.6) is 11.5 Å². The Kier molecular flexibility index (Phi) is 7.35. The molecule has 10 heteroatoms. The largest absolute Gasteiger partial charge is 0.497 e. The van der Waals surface area contributed by atoms with E-state index in [-0.39, 0.29) is 17.8 Å². The first-order chi connectivity index (χ1) is 17.6. The number of Topliss-reactive ketones (excluding diaryl/α,β-unsaturated/α-hetero) is 1. The van der Waals surface area contributed by atoms with E-state index >= 15 is 0 Å². The molecule has 1 aromatic carbocycles. The average molecular weight is 508 g/mol. The lowest BCUT2D eigenvalue weighted by Gasteiger charge is -2.37. The number of nitrogens with two attached hydrogens (primary N) is 1. The quantitative estimate of drug-likeness (QED) is 0.543. The molecular formula is C26H29N5O4S. The van der Waals surface area contributed by atoms with Crippen molar-refractivity contribution in [2.75, 3.05) is 33.1 Å². The molecule has 0 amide bonds. The molecule has 1 aliphatic carbocycles. The average Bonchev–Trinajstić information content (AvgIpc) is 3.21. The van der Waals surface area contributed by atoms with Crippen molar-refractivity contribution >= 4 is 29.6 Å². The van der Waals surface area contributed by atoms with Crippen molar-refractivity contribution in [3.63, 3.8) is 0 Å². The molecule has 0 bridgehead atoms. The number of ether oxygens (including phenoxy) is 3. The Morgan fingerprint density at radius 3 is 2.81 bits per heavy atom. The Bertz CT molecular complexity index is 1220. The molecule has 0 radical (unpaired) electrons. The van der Waals surface area contributed by atoms with E-state index in [1.54, 1.807) is 44.6 Å². The first-order valence-electron chi connectivity index (χ1n) is 11.8. The molecule has 36 heavy (non-hydrogen) atoms. The van der Waals surface area contributed by atoms with Crippen LogP contribution in [0.25, 0.3) is 0 Å². The van der Waals surface area contributed by atoms with E-state index in [0.29, 0.717) is 31.9 Å². The molecule has 0 saturated heterocycles. The van der Waals surface area contributed by atoms with Gasteiger partial charge in [-0.1, -0.05) is 0 Å². The van der Waals surface area contributed by atoms with Crippen LogP contribution in [0.15, 0.2) is 69.0 Å². The fourth-order valence-electron chi connectivity index (χ4n) is 4.91. The molecule has 2 aliphatic heterocycles. The summed E-state index contributed by atoms with van der Waals surface area (Å²) in [5, 5.41) is 8.86. The van der Waals surface area contributed by atoms with Gasteiger partial charge in [0.05, 0.1) is 39.5 Å². The van der Waals surface area contributed by atoms with Gasteiger partial charge < -0.3 is 24.8 Å². The predicted octanol–water partition coefficient (Wildman–Crippen LogP) is 2.70. The van der Waals surface area contributed by atoms with Crippen molar-refractivity contribution in [3.8, 4) is 11.5 Å². The van der Waals surface area contributed by atoms with E-state index in [0.717, 1.165) is 38.9 Å². The van der Waals surface area contributed by atoms with E-state index in [1.807, 2.05) is 30.3 Å². The second-order valence-electron chi connectivity index (χ2n) is 8.85. The van der Waals surface area contributed by atoms with Gasteiger partial charge in [0.15, 0.2) is 11.6 Å². The Balaban J connectivity index is 1.49. The highest BCUT2D eigenvalue weighted by Crippen LogP contribution is 2.40. The number of carbonyl (C=O) groups excluding carboxylic acids is 1. The zero-order valence-electron chi connectivity index (χ0n) is 20.3. The number of pyridine rings is 1. The van der Waals surface area contributed by atoms with Crippen molar-refractivity contribution < 1.29 is 19.0 Å². The Labute approximate surface area is 214 Å². The van der Waals surface area contributed by atoms with Crippen LogP contribution in [-0.4, -0.2) is 73.0 Å². The highest BCUT2D eigenvalue weighted by molar-refractivity contribution is 7.99. The minimum absolute atomic E-state index is 0.0221. The molecule has 1 saturated carbocycles. The summed E-state index contributed by atoms with van der Waals surface area (Å²) in [6.07, 6.45) is 5.33. The fourth-order valence-corrected chi connectivity index (χ4v) is 5.80. The number of benzene rings is 1. The molecule has 5 rings (SSSR count). The number of aromatic nitrogens is 1. The molecular weight excluding hydrogens is 478 g/mol. The molecule has 9 nitrogen and oxygen atoms in total. The van der Waals surface area contributed by atoms with Gasteiger partial charge >= 0.3 is 0 Å². The third kappa shape index (κ3) is 4.88. The molecule has 0 spiro atoms. The van der Waals surface area contributed by atoms with Crippen molar-refractivity contribution in [3.05, 3.63) is 59.4 Å². The summed E-state index contributed by atoms with van der Waals surface area (Å²) >= 11 is 1.71. The van der Waals surface area contributed by atoms with Gasteiger partial charge in [0.2, 0.25) is 0 Å². The van der Waals surface area contributed by atoms with Crippen molar-refractivity contribution in [2.24, 2.45) is 21.9 Å². The van der Waals surface area contributed by atoms with Crippen LogP contribution in [0.1, 0.15) is 12.0 Å². The van der Waals surface area contributed by atoms with Crippen LogP contribution >= 0.6 is 11.8 Å². The smallest absolute Gasteiger partial charge is 0.155 e. The molecule has 2 aromatic rings. The normalized spacial score (nSPS) is 23.5. The number of amidine groups is 1. The Morgan fingerprint density at radius 1 is 1.19 bits per heavy atom. The lowest BCUT2D eigenvalue weighted by molar-refractivity contribution is -0.119. The number of rotatable bonds is 8. The highest BCUT2D eigenvalue weighted by Gasteiger charge is 2.48. The number of fused-ring (bicyclic) bond motifs is 1. The number of methoxy groups -OCH3 is 2. The maximum atomic E-state index is 12.6. The van der Waals surface area contributed by atoms with E-state index in [4.69, 9.17) is 19.9 Å².